The van der Waals surface area contributed by atoms with Crippen LogP contribution in [0.25, 0.3) is 0 Å². The van der Waals surface area contributed by atoms with Crippen molar-refractivity contribution in [2.75, 3.05) is 0 Å². The highest BCUT2D eigenvalue weighted by Gasteiger charge is 2.37. The van der Waals surface area contributed by atoms with E-state index in [1.807, 2.05) is 0 Å². The number of nitro groups is 4. The number of non-ortho nitro benzene ring substituents is 2. The summed E-state index contributed by atoms with van der Waals surface area (Å²) in [4.78, 5) is 40.9. The maximum absolute atomic E-state index is 11.3. The first-order valence-corrected chi connectivity index (χ1v) is 8.19. The molecule has 14 heteroatoms. The second-order valence-corrected chi connectivity index (χ2v) is 6.31. The van der Waals surface area contributed by atoms with E-state index in [0.29, 0.717) is 12.1 Å². The van der Waals surface area contributed by atoms with E-state index in [4.69, 9.17) is 0 Å². The van der Waals surface area contributed by atoms with Crippen molar-refractivity contribution in [3.05, 3.63) is 88.0 Å². The topological polar surface area (TPSA) is 220 Å². The molecule has 14 nitrogen and oxygen atoms in total. The van der Waals surface area contributed by atoms with Crippen LogP contribution in [0, 0.1) is 68.5 Å². The van der Waals surface area contributed by atoms with Gasteiger partial charge in [-0.25, -0.2) is 0 Å². The number of rotatable bonds is 8. The Balaban J connectivity index is 2.55. The van der Waals surface area contributed by atoms with Crippen molar-refractivity contribution in [1.29, 1.82) is 10.5 Å². The molecule has 0 aliphatic heterocycles. The molecule has 0 aliphatic carbocycles. The van der Waals surface area contributed by atoms with Gasteiger partial charge in [-0.3, -0.25) is 40.5 Å². The number of nitriles is 2. The smallest absolute Gasteiger partial charge is 0.258 e. The molecule has 2 aromatic carbocycles. The van der Waals surface area contributed by atoms with Gasteiger partial charge < -0.3 is 0 Å². The van der Waals surface area contributed by atoms with E-state index in [0.717, 1.165) is 24.3 Å². The Morgan fingerprint density at radius 1 is 0.677 bits per heavy atom. The van der Waals surface area contributed by atoms with Gasteiger partial charge in [-0.05, 0) is 12.1 Å². The summed E-state index contributed by atoms with van der Waals surface area (Å²) in [5.41, 5.74) is -4.88. The summed E-state index contributed by atoms with van der Waals surface area (Å²) in [6, 6.07) is 8.76. The third-order valence-corrected chi connectivity index (χ3v) is 4.37. The van der Waals surface area contributed by atoms with Gasteiger partial charge in [0.2, 0.25) is 0 Å². The molecule has 156 valence electrons. The second-order valence-electron chi connectivity index (χ2n) is 6.31. The van der Waals surface area contributed by atoms with Gasteiger partial charge in [0.1, 0.15) is 0 Å². The zero-order valence-electron chi connectivity index (χ0n) is 15.3. The minimum Gasteiger partial charge on any atom is -0.258 e. The molecule has 0 saturated heterocycles. The summed E-state index contributed by atoms with van der Waals surface area (Å²) in [5.74, 6) is 0. The first-order chi connectivity index (χ1) is 14.5. The number of nitrogens with zero attached hydrogens (tertiary/aromatic N) is 6. The van der Waals surface area contributed by atoms with E-state index in [2.05, 4.69) is 0 Å². The zero-order chi connectivity index (χ0) is 23.3. The fourth-order valence-electron chi connectivity index (χ4n) is 2.87. The van der Waals surface area contributed by atoms with Crippen LogP contribution < -0.4 is 0 Å². The summed E-state index contributed by atoms with van der Waals surface area (Å²) >= 11 is 0. The normalized spacial score (nSPS) is 10.5. The molecule has 0 unspecified atom stereocenters. The monoisotopic (exact) mass is 426 g/mol. The maximum Gasteiger partial charge on any atom is 0.279 e. The molecule has 0 amide bonds. The molecule has 0 spiro atoms. The summed E-state index contributed by atoms with van der Waals surface area (Å²) in [6.07, 6.45) is -1.13. The van der Waals surface area contributed by atoms with Crippen LogP contribution in [-0.4, -0.2) is 19.7 Å². The average molecular weight is 426 g/mol. The minimum atomic E-state index is -2.03. The van der Waals surface area contributed by atoms with Gasteiger partial charge in [-0.2, -0.15) is 10.5 Å². The molecule has 0 bridgehead atoms. The summed E-state index contributed by atoms with van der Waals surface area (Å²) < 4.78 is 0. The Morgan fingerprint density at radius 3 is 1.29 bits per heavy atom. The SMILES string of the molecule is N#CC(C#N)(Cc1ccc([N+](=O)[O-])cc1[N+](=O)[O-])Cc1ccc([N+](=O)[O-])cc1[N+](=O)[O-]. The Morgan fingerprint density at radius 2 is 1.03 bits per heavy atom. The van der Waals surface area contributed by atoms with Gasteiger partial charge in [0, 0.05) is 36.1 Å². The summed E-state index contributed by atoms with van der Waals surface area (Å²) in [7, 11) is 0. The number of nitro benzene ring substituents is 4. The van der Waals surface area contributed by atoms with E-state index >= 15 is 0 Å². The highest BCUT2D eigenvalue weighted by atomic mass is 16.6. The fraction of sp³-hybridized carbons (Fsp3) is 0.176. The summed E-state index contributed by atoms with van der Waals surface area (Å²) in [5, 5.41) is 63.6. The molecule has 0 heterocycles. The predicted molar refractivity (Wildman–Crippen MR) is 101 cm³/mol. The van der Waals surface area contributed by atoms with Crippen molar-refractivity contribution < 1.29 is 19.7 Å². The third kappa shape index (κ3) is 4.72. The van der Waals surface area contributed by atoms with E-state index in [1.165, 1.54) is 0 Å². The molecule has 0 aromatic heterocycles. The largest absolute Gasteiger partial charge is 0.279 e. The van der Waals surface area contributed by atoms with Crippen molar-refractivity contribution in [3.63, 3.8) is 0 Å². The highest BCUT2D eigenvalue weighted by molar-refractivity contribution is 5.52. The van der Waals surface area contributed by atoms with Crippen molar-refractivity contribution in [2.45, 2.75) is 12.8 Å². The molecule has 0 radical (unpaired) electrons. The van der Waals surface area contributed by atoms with Gasteiger partial charge in [0.25, 0.3) is 22.7 Å². The highest BCUT2D eigenvalue weighted by Crippen LogP contribution is 2.36. The van der Waals surface area contributed by atoms with E-state index < -0.39 is 60.7 Å². The second kappa shape index (κ2) is 8.58. The quantitative estimate of drug-likeness (QED) is 0.443. The van der Waals surface area contributed by atoms with Gasteiger partial charge in [-0.1, -0.05) is 0 Å². The van der Waals surface area contributed by atoms with Crippen molar-refractivity contribution in [3.8, 4) is 12.1 Å². The van der Waals surface area contributed by atoms with E-state index in [-0.39, 0.29) is 11.1 Å². The van der Waals surface area contributed by atoms with Crippen LogP contribution in [0.2, 0.25) is 0 Å². The lowest BCUT2D eigenvalue weighted by Crippen LogP contribution is -2.24. The van der Waals surface area contributed by atoms with Gasteiger partial charge in [0.05, 0.1) is 44.0 Å². The fourth-order valence-corrected chi connectivity index (χ4v) is 2.87. The number of hydrogen-bond donors (Lipinski definition) is 0. The molecule has 2 aromatic rings. The van der Waals surface area contributed by atoms with E-state index in [1.54, 1.807) is 12.1 Å². The molecular formula is C17H10N6O8. The minimum absolute atomic E-state index is 0.164. The molecule has 0 N–H and O–H groups in total. The van der Waals surface area contributed by atoms with Crippen LogP contribution in [-0.2, 0) is 12.8 Å². The summed E-state index contributed by atoms with van der Waals surface area (Å²) in [6.45, 7) is 0. The van der Waals surface area contributed by atoms with Gasteiger partial charge in [0.15, 0.2) is 5.41 Å². The lowest BCUT2D eigenvalue weighted by atomic mass is 9.78. The van der Waals surface area contributed by atoms with Crippen LogP contribution >= 0.6 is 0 Å². The number of benzene rings is 2. The van der Waals surface area contributed by atoms with Crippen LogP contribution in [0.3, 0.4) is 0 Å². The Labute approximate surface area is 172 Å². The molecule has 0 fully saturated rings. The van der Waals surface area contributed by atoms with Crippen LogP contribution in [0.1, 0.15) is 11.1 Å². The molecule has 0 atom stereocenters. The van der Waals surface area contributed by atoms with Crippen molar-refractivity contribution >= 4 is 22.7 Å². The molecule has 0 saturated carbocycles. The van der Waals surface area contributed by atoms with Crippen LogP contribution in [0.4, 0.5) is 22.7 Å². The Bertz CT molecular complexity index is 1100. The van der Waals surface area contributed by atoms with Crippen LogP contribution in [0.5, 0.6) is 0 Å². The van der Waals surface area contributed by atoms with Crippen molar-refractivity contribution in [1.82, 2.24) is 0 Å². The van der Waals surface area contributed by atoms with Gasteiger partial charge in [-0.15, -0.1) is 0 Å². The third-order valence-electron chi connectivity index (χ3n) is 4.37. The maximum atomic E-state index is 11.3. The zero-order valence-corrected chi connectivity index (χ0v) is 15.3. The Kier molecular flexibility index (Phi) is 6.17. The number of hydrogen-bond acceptors (Lipinski definition) is 10. The van der Waals surface area contributed by atoms with Gasteiger partial charge >= 0.3 is 0 Å². The molecule has 0 aliphatic rings. The molecule has 2 rings (SSSR count). The first-order valence-electron chi connectivity index (χ1n) is 8.19. The molecular weight excluding hydrogens is 416 g/mol. The van der Waals surface area contributed by atoms with Crippen molar-refractivity contribution in [2.24, 2.45) is 5.41 Å². The van der Waals surface area contributed by atoms with Crippen LogP contribution in [0.15, 0.2) is 36.4 Å². The average Bonchev–Trinajstić information content (AvgIpc) is 2.72. The van der Waals surface area contributed by atoms with E-state index in [9.17, 15) is 51.0 Å². The Hall–Kier alpha value is -4.98. The lowest BCUT2D eigenvalue weighted by Gasteiger charge is -2.18. The molecule has 31 heavy (non-hydrogen) atoms. The predicted octanol–water partition coefficient (Wildman–Crippen LogP) is 3.14. The lowest BCUT2D eigenvalue weighted by molar-refractivity contribution is -0.394. The first kappa shape index (κ1) is 22.3. The standard InChI is InChI=1S/C17H10N6O8/c18-9-17(10-19,7-11-1-3-13(20(24)25)5-15(11)22(28)29)8-12-2-4-14(21(26)27)6-16(12)23(30)31/h1-6H,7-8H2.